The van der Waals surface area contributed by atoms with Crippen molar-refractivity contribution < 1.29 is 57.4 Å². The second-order valence-corrected chi connectivity index (χ2v) is 9.36. The fraction of sp³-hybridized carbons (Fsp3) is 0.909. The molecule has 0 radical (unpaired) electrons. The van der Waals surface area contributed by atoms with E-state index >= 15 is 0 Å². The first-order valence-electron chi connectivity index (χ1n) is 7.17. The van der Waals surface area contributed by atoms with E-state index < -0.39 is 79.9 Å². The monoisotopic (exact) mass is 428 g/mol. The topological polar surface area (TPSA) is 133 Å². The molecule has 5 atom stereocenters. The Kier molecular flexibility index (Phi) is 4.35. The molecule has 5 unspecified atom stereocenters. The Morgan fingerprint density at radius 3 is 2.42 bits per heavy atom. The summed E-state index contributed by atoms with van der Waals surface area (Å²) in [4.78, 5) is 11.7. The lowest BCUT2D eigenvalue weighted by atomic mass is 9.94. The number of hydrogen-bond acceptors (Lipinski definition) is 8. The molecule has 3 fully saturated rings. The van der Waals surface area contributed by atoms with Gasteiger partial charge in [-0.2, -0.15) is 34.4 Å². The summed E-state index contributed by atoms with van der Waals surface area (Å²) in [6.45, 7) is 0. The van der Waals surface area contributed by atoms with E-state index in [2.05, 4.69) is 0 Å². The fourth-order valence-electron chi connectivity index (χ4n) is 3.17. The van der Waals surface area contributed by atoms with Crippen LogP contribution in [0.5, 0.6) is 0 Å². The number of fused-ring (bicyclic) bond motifs is 1. The minimum atomic E-state index is -6.40. The average Bonchev–Trinajstić information content (AvgIpc) is 3.08. The van der Waals surface area contributed by atoms with E-state index in [1.54, 1.807) is 0 Å². The van der Waals surface area contributed by atoms with Crippen LogP contribution in [-0.2, 0) is 38.7 Å². The predicted octanol–water partition coefficient (Wildman–Crippen LogP) is 0.0626. The van der Waals surface area contributed by atoms with Gasteiger partial charge in [0.05, 0.1) is 12.5 Å². The minimum absolute atomic E-state index is 0.0293. The zero-order valence-electron chi connectivity index (χ0n) is 12.5. The summed E-state index contributed by atoms with van der Waals surface area (Å²) in [6, 6.07) is 0. The molecular weight excluding hydrogens is 416 g/mol. The van der Waals surface area contributed by atoms with Gasteiger partial charge in [0.15, 0.2) is 6.10 Å². The predicted molar refractivity (Wildman–Crippen MR) is 71.4 cm³/mol. The van der Waals surface area contributed by atoms with Crippen LogP contribution in [0.4, 0.5) is 17.6 Å². The third-order valence-electron chi connectivity index (χ3n) is 4.45. The van der Waals surface area contributed by atoms with E-state index in [0.717, 1.165) is 0 Å². The molecule has 3 heterocycles. The third-order valence-corrected chi connectivity index (χ3v) is 7.09. The minimum Gasteiger partial charge on any atom is -0.457 e. The SMILES string of the molecule is O=C(CCC(F)(F)C(F)(F)S(=O)(=O)O)OC1C2CC3C(O2)C1OS3(=O)=O. The number of alkyl halides is 4. The average molecular weight is 428 g/mol. The van der Waals surface area contributed by atoms with E-state index in [1.807, 2.05) is 0 Å². The molecule has 3 saturated heterocycles. The zero-order valence-corrected chi connectivity index (χ0v) is 14.2. The van der Waals surface area contributed by atoms with Gasteiger partial charge >= 0.3 is 27.3 Å². The molecule has 0 spiro atoms. The van der Waals surface area contributed by atoms with Gasteiger partial charge in [-0.25, -0.2) is 0 Å². The van der Waals surface area contributed by atoms with Crippen LogP contribution in [0.15, 0.2) is 0 Å². The molecule has 0 aromatic heterocycles. The summed E-state index contributed by atoms with van der Waals surface area (Å²) < 4.78 is 120. The summed E-state index contributed by atoms with van der Waals surface area (Å²) >= 11 is 0. The summed E-state index contributed by atoms with van der Waals surface area (Å²) in [7, 11) is -10.3. The summed E-state index contributed by atoms with van der Waals surface area (Å²) in [5, 5.41) is -6.70. The third kappa shape index (κ3) is 2.89. The highest BCUT2D eigenvalue weighted by Crippen LogP contribution is 2.48. The molecule has 9 nitrogen and oxygen atoms in total. The Hall–Kier alpha value is -1.03. The first-order chi connectivity index (χ1) is 11.7. The molecule has 0 saturated carbocycles. The quantitative estimate of drug-likeness (QED) is 0.270. The smallest absolute Gasteiger partial charge is 0.431 e. The van der Waals surface area contributed by atoms with Crippen molar-refractivity contribution >= 4 is 26.2 Å². The zero-order chi connectivity index (χ0) is 19.7. The van der Waals surface area contributed by atoms with Crippen molar-refractivity contribution in [2.75, 3.05) is 0 Å². The van der Waals surface area contributed by atoms with Crippen molar-refractivity contribution in [3.05, 3.63) is 0 Å². The highest BCUT2D eigenvalue weighted by atomic mass is 32.2. The van der Waals surface area contributed by atoms with E-state index in [4.69, 9.17) is 18.2 Å². The van der Waals surface area contributed by atoms with Crippen LogP contribution in [0.3, 0.4) is 0 Å². The van der Waals surface area contributed by atoms with Crippen molar-refractivity contribution in [2.45, 2.75) is 60.1 Å². The Morgan fingerprint density at radius 2 is 1.85 bits per heavy atom. The van der Waals surface area contributed by atoms with E-state index in [9.17, 15) is 39.2 Å². The number of hydrogen-bond donors (Lipinski definition) is 1. The van der Waals surface area contributed by atoms with Crippen LogP contribution >= 0.6 is 0 Å². The molecule has 0 aromatic rings. The first-order valence-corrected chi connectivity index (χ1v) is 10.1. The molecule has 0 aromatic carbocycles. The molecule has 2 bridgehead atoms. The Labute approximate surface area is 144 Å². The van der Waals surface area contributed by atoms with Gasteiger partial charge in [0, 0.05) is 6.42 Å². The van der Waals surface area contributed by atoms with Gasteiger partial charge in [0.25, 0.3) is 10.1 Å². The van der Waals surface area contributed by atoms with Crippen LogP contribution < -0.4 is 0 Å². The molecule has 0 aliphatic carbocycles. The number of halogens is 4. The van der Waals surface area contributed by atoms with Crippen LogP contribution in [0.25, 0.3) is 0 Å². The van der Waals surface area contributed by atoms with Crippen molar-refractivity contribution in [2.24, 2.45) is 0 Å². The maximum atomic E-state index is 13.3. The van der Waals surface area contributed by atoms with E-state index in [1.165, 1.54) is 0 Å². The van der Waals surface area contributed by atoms with E-state index in [0.29, 0.717) is 0 Å². The standard InChI is InChI=1S/C11H12F4O9S2/c12-10(13,11(14,15)26(19,20)21)2-1-6(16)23-7-4-3-5-8(22-4)9(7)24-25(5,17)18/h4-5,7-9H,1-3H2,(H,19,20,21). The fourth-order valence-corrected chi connectivity index (χ4v) is 5.30. The Morgan fingerprint density at radius 1 is 1.23 bits per heavy atom. The van der Waals surface area contributed by atoms with Crippen LogP contribution in [-0.4, -0.2) is 68.2 Å². The summed E-state index contributed by atoms with van der Waals surface area (Å²) in [6.07, 6.45) is -7.33. The molecule has 3 aliphatic rings. The molecule has 3 aliphatic heterocycles. The highest BCUT2D eigenvalue weighted by molar-refractivity contribution is 7.87. The lowest BCUT2D eigenvalue weighted by molar-refractivity contribution is -0.174. The highest BCUT2D eigenvalue weighted by Gasteiger charge is 2.68. The van der Waals surface area contributed by atoms with Crippen molar-refractivity contribution in [1.82, 2.24) is 0 Å². The van der Waals surface area contributed by atoms with Gasteiger partial charge in [-0.15, -0.1) is 0 Å². The van der Waals surface area contributed by atoms with Gasteiger partial charge in [-0.05, 0) is 6.42 Å². The van der Waals surface area contributed by atoms with E-state index in [-0.39, 0.29) is 6.42 Å². The van der Waals surface area contributed by atoms with Crippen molar-refractivity contribution in [3.8, 4) is 0 Å². The number of rotatable bonds is 6. The van der Waals surface area contributed by atoms with Crippen molar-refractivity contribution in [1.29, 1.82) is 0 Å². The Bertz CT molecular complexity index is 825. The molecule has 26 heavy (non-hydrogen) atoms. The lowest BCUT2D eigenvalue weighted by Crippen LogP contribution is -2.47. The lowest BCUT2D eigenvalue weighted by Gasteiger charge is -2.25. The number of carbonyl (C=O) groups excluding carboxylic acids is 1. The largest absolute Gasteiger partial charge is 0.457 e. The molecule has 15 heteroatoms. The Balaban J connectivity index is 1.61. The number of esters is 1. The van der Waals surface area contributed by atoms with Crippen LogP contribution in [0.2, 0.25) is 0 Å². The molecule has 1 N–H and O–H groups in total. The number of carbonyl (C=O) groups is 1. The van der Waals surface area contributed by atoms with Crippen LogP contribution in [0, 0.1) is 0 Å². The molecule has 3 rings (SSSR count). The molecular formula is C11H12F4O9S2. The summed E-state index contributed by atoms with van der Waals surface area (Å²) in [5.41, 5.74) is 0. The van der Waals surface area contributed by atoms with Gasteiger partial charge in [0.2, 0.25) is 0 Å². The second-order valence-electron chi connectivity index (χ2n) is 6.12. The van der Waals surface area contributed by atoms with Gasteiger partial charge in [0.1, 0.15) is 17.5 Å². The number of ether oxygens (including phenoxy) is 2. The molecule has 0 amide bonds. The maximum absolute atomic E-state index is 13.3. The van der Waals surface area contributed by atoms with Gasteiger partial charge in [-0.1, -0.05) is 0 Å². The van der Waals surface area contributed by atoms with Crippen LogP contribution in [0.1, 0.15) is 19.3 Å². The first kappa shape index (κ1) is 19.7. The second kappa shape index (κ2) is 5.73. The summed E-state index contributed by atoms with van der Waals surface area (Å²) in [5.74, 6) is -6.63. The molecule has 150 valence electrons. The van der Waals surface area contributed by atoms with Gasteiger partial charge < -0.3 is 9.47 Å². The normalized spacial score (nSPS) is 35.7. The van der Waals surface area contributed by atoms with Crippen molar-refractivity contribution in [3.63, 3.8) is 0 Å². The maximum Gasteiger partial charge on any atom is 0.431 e. The van der Waals surface area contributed by atoms with Gasteiger partial charge in [-0.3, -0.25) is 13.5 Å².